The van der Waals surface area contributed by atoms with Crippen LogP contribution in [0.5, 0.6) is 0 Å². The first-order valence-electron chi connectivity index (χ1n) is 5.71. The summed E-state index contributed by atoms with van der Waals surface area (Å²) in [6.45, 7) is 4.53. The lowest BCUT2D eigenvalue weighted by molar-refractivity contribution is -0.148. The van der Waals surface area contributed by atoms with Crippen molar-refractivity contribution >= 4 is 5.97 Å². The number of aliphatic hydroxyl groups excluding tert-OH is 1. The van der Waals surface area contributed by atoms with E-state index in [1.54, 1.807) is 0 Å². The standard InChI is InChI=1S/C11H21NO3/c1-2-4-11(10(14)15)5-7-12(9-11)6-3-8-13/h13H,2-9H2,1H3,(H,14,15). The monoisotopic (exact) mass is 215 g/mol. The number of carboxylic acids is 1. The summed E-state index contributed by atoms with van der Waals surface area (Å²) in [6.07, 6.45) is 3.17. The van der Waals surface area contributed by atoms with Crippen molar-refractivity contribution in [2.24, 2.45) is 5.41 Å². The summed E-state index contributed by atoms with van der Waals surface area (Å²) in [7, 11) is 0. The average molecular weight is 215 g/mol. The zero-order valence-corrected chi connectivity index (χ0v) is 9.41. The summed E-state index contributed by atoms with van der Waals surface area (Å²) in [6, 6.07) is 0. The Balaban J connectivity index is 2.52. The Morgan fingerprint density at radius 1 is 1.53 bits per heavy atom. The lowest BCUT2D eigenvalue weighted by Crippen LogP contribution is -2.35. The van der Waals surface area contributed by atoms with Crippen LogP contribution in [0.4, 0.5) is 0 Å². The average Bonchev–Trinajstić information content (AvgIpc) is 2.60. The third-order valence-corrected chi connectivity index (χ3v) is 3.25. The van der Waals surface area contributed by atoms with Crippen molar-refractivity contribution in [3.8, 4) is 0 Å². The molecule has 0 aromatic rings. The fraction of sp³-hybridized carbons (Fsp3) is 0.909. The first-order valence-corrected chi connectivity index (χ1v) is 5.71. The summed E-state index contributed by atoms with van der Waals surface area (Å²) in [4.78, 5) is 13.4. The molecule has 1 unspecified atom stereocenters. The molecule has 0 spiro atoms. The van der Waals surface area contributed by atoms with Gasteiger partial charge in [0.15, 0.2) is 0 Å². The number of aliphatic carboxylic acids is 1. The van der Waals surface area contributed by atoms with Gasteiger partial charge in [-0.3, -0.25) is 4.79 Å². The predicted octanol–water partition coefficient (Wildman–Crippen LogP) is 0.946. The van der Waals surface area contributed by atoms with Crippen molar-refractivity contribution in [1.29, 1.82) is 0 Å². The lowest BCUT2D eigenvalue weighted by atomic mass is 9.83. The molecule has 15 heavy (non-hydrogen) atoms. The number of hydrogen-bond acceptors (Lipinski definition) is 3. The topological polar surface area (TPSA) is 60.8 Å². The van der Waals surface area contributed by atoms with Crippen molar-refractivity contribution in [2.75, 3.05) is 26.2 Å². The first kappa shape index (κ1) is 12.5. The van der Waals surface area contributed by atoms with E-state index in [1.807, 2.05) is 6.92 Å². The molecule has 1 saturated heterocycles. The Morgan fingerprint density at radius 2 is 2.27 bits per heavy atom. The second-order valence-electron chi connectivity index (χ2n) is 4.44. The number of likely N-dealkylation sites (tertiary alicyclic amines) is 1. The molecule has 88 valence electrons. The number of rotatable bonds is 6. The zero-order chi connectivity index (χ0) is 11.3. The summed E-state index contributed by atoms with van der Waals surface area (Å²) in [5.41, 5.74) is -0.524. The van der Waals surface area contributed by atoms with Gasteiger partial charge >= 0.3 is 5.97 Å². The van der Waals surface area contributed by atoms with E-state index in [0.717, 1.165) is 38.8 Å². The first-order chi connectivity index (χ1) is 7.14. The van der Waals surface area contributed by atoms with Gasteiger partial charge in [0.05, 0.1) is 5.41 Å². The molecule has 0 amide bonds. The summed E-state index contributed by atoms with van der Waals surface area (Å²) < 4.78 is 0. The van der Waals surface area contributed by atoms with Gasteiger partial charge in [-0.25, -0.2) is 0 Å². The largest absolute Gasteiger partial charge is 0.481 e. The van der Waals surface area contributed by atoms with Gasteiger partial charge in [-0.1, -0.05) is 13.3 Å². The van der Waals surface area contributed by atoms with Crippen LogP contribution in [0, 0.1) is 5.41 Å². The van der Waals surface area contributed by atoms with E-state index in [4.69, 9.17) is 5.11 Å². The highest BCUT2D eigenvalue weighted by Crippen LogP contribution is 2.35. The van der Waals surface area contributed by atoms with Gasteiger partial charge in [-0.15, -0.1) is 0 Å². The highest BCUT2D eigenvalue weighted by atomic mass is 16.4. The number of aliphatic hydroxyl groups is 1. The fourth-order valence-corrected chi connectivity index (χ4v) is 2.41. The SMILES string of the molecule is CCCC1(C(=O)O)CCN(CCCO)C1. The second-order valence-corrected chi connectivity index (χ2v) is 4.44. The molecule has 1 aliphatic heterocycles. The van der Waals surface area contributed by atoms with E-state index >= 15 is 0 Å². The molecular weight excluding hydrogens is 194 g/mol. The third-order valence-electron chi connectivity index (χ3n) is 3.25. The van der Waals surface area contributed by atoms with Gasteiger partial charge in [0, 0.05) is 19.7 Å². The number of carboxylic acid groups (broad SMARTS) is 1. The Hall–Kier alpha value is -0.610. The van der Waals surface area contributed by atoms with Gasteiger partial charge in [-0.05, 0) is 25.8 Å². The van der Waals surface area contributed by atoms with Crippen molar-refractivity contribution in [3.63, 3.8) is 0 Å². The maximum atomic E-state index is 11.3. The molecule has 1 rings (SSSR count). The van der Waals surface area contributed by atoms with Crippen LogP contribution in [0.1, 0.15) is 32.6 Å². The van der Waals surface area contributed by atoms with E-state index in [2.05, 4.69) is 4.90 Å². The van der Waals surface area contributed by atoms with E-state index < -0.39 is 11.4 Å². The molecular formula is C11H21NO3. The van der Waals surface area contributed by atoms with Crippen LogP contribution < -0.4 is 0 Å². The summed E-state index contributed by atoms with van der Waals surface area (Å²) in [5.74, 6) is -0.657. The number of nitrogens with zero attached hydrogens (tertiary/aromatic N) is 1. The Bertz CT molecular complexity index is 220. The molecule has 0 saturated carbocycles. The molecule has 1 aliphatic rings. The Morgan fingerprint density at radius 3 is 2.80 bits per heavy atom. The molecule has 2 N–H and O–H groups in total. The van der Waals surface area contributed by atoms with Gasteiger partial charge in [0.25, 0.3) is 0 Å². The zero-order valence-electron chi connectivity index (χ0n) is 9.41. The van der Waals surface area contributed by atoms with Crippen molar-refractivity contribution < 1.29 is 15.0 Å². The van der Waals surface area contributed by atoms with E-state index in [1.165, 1.54) is 0 Å². The van der Waals surface area contributed by atoms with E-state index in [-0.39, 0.29) is 6.61 Å². The normalized spacial score (nSPS) is 27.1. The minimum absolute atomic E-state index is 0.185. The molecule has 4 nitrogen and oxygen atoms in total. The van der Waals surface area contributed by atoms with Crippen molar-refractivity contribution in [3.05, 3.63) is 0 Å². The van der Waals surface area contributed by atoms with Crippen LogP contribution in [-0.2, 0) is 4.79 Å². The Kier molecular flexibility index (Phi) is 4.54. The van der Waals surface area contributed by atoms with Crippen LogP contribution in [0.15, 0.2) is 0 Å². The quantitative estimate of drug-likeness (QED) is 0.692. The molecule has 1 atom stereocenters. The minimum atomic E-state index is -0.657. The highest BCUT2D eigenvalue weighted by molar-refractivity contribution is 5.75. The fourth-order valence-electron chi connectivity index (χ4n) is 2.41. The number of carbonyl (C=O) groups is 1. The maximum absolute atomic E-state index is 11.3. The summed E-state index contributed by atoms with van der Waals surface area (Å²) in [5, 5.41) is 18.0. The van der Waals surface area contributed by atoms with Gasteiger partial charge in [-0.2, -0.15) is 0 Å². The van der Waals surface area contributed by atoms with Crippen molar-refractivity contribution in [1.82, 2.24) is 4.90 Å². The Labute approximate surface area is 90.9 Å². The smallest absolute Gasteiger partial charge is 0.310 e. The molecule has 0 radical (unpaired) electrons. The minimum Gasteiger partial charge on any atom is -0.481 e. The second kappa shape index (κ2) is 5.47. The lowest BCUT2D eigenvalue weighted by Gasteiger charge is -2.24. The van der Waals surface area contributed by atoms with Crippen molar-refractivity contribution in [2.45, 2.75) is 32.6 Å². The molecule has 0 aromatic carbocycles. The van der Waals surface area contributed by atoms with Gasteiger partial charge < -0.3 is 15.1 Å². The molecule has 0 aliphatic carbocycles. The maximum Gasteiger partial charge on any atom is 0.310 e. The van der Waals surface area contributed by atoms with Crippen LogP contribution >= 0.6 is 0 Å². The van der Waals surface area contributed by atoms with Gasteiger partial charge in [0.2, 0.25) is 0 Å². The highest BCUT2D eigenvalue weighted by Gasteiger charge is 2.43. The molecule has 0 aromatic heterocycles. The van der Waals surface area contributed by atoms with E-state index in [0.29, 0.717) is 6.54 Å². The predicted molar refractivity (Wildman–Crippen MR) is 57.7 cm³/mol. The van der Waals surface area contributed by atoms with Crippen LogP contribution in [0.25, 0.3) is 0 Å². The third kappa shape index (κ3) is 2.92. The van der Waals surface area contributed by atoms with E-state index in [9.17, 15) is 9.90 Å². The van der Waals surface area contributed by atoms with Gasteiger partial charge in [0.1, 0.15) is 0 Å². The molecule has 1 heterocycles. The van der Waals surface area contributed by atoms with Crippen LogP contribution in [0.2, 0.25) is 0 Å². The van der Waals surface area contributed by atoms with Crippen LogP contribution in [0.3, 0.4) is 0 Å². The molecule has 0 bridgehead atoms. The molecule has 4 heteroatoms. The number of hydrogen-bond donors (Lipinski definition) is 2. The van der Waals surface area contributed by atoms with Crippen LogP contribution in [-0.4, -0.2) is 47.3 Å². The molecule has 1 fully saturated rings. The summed E-state index contributed by atoms with van der Waals surface area (Å²) >= 11 is 0.